The molecule has 54 valence electrons. The molecule has 0 amide bonds. The molecule has 1 rings (SSSR count). The first-order valence-electron chi connectivity index (χ1n) is 3.07. The summed E-state index contributed by atoms with van der Waals surface area (Å²) >= 11 is 4.09. The van der Waals surface area contributed by atoms with Crippen LogP contribution in [0.4, 0.5) is 0 Å². The third-order valence-corrected chi connectivity index (χ3v) is 1.68. The van der Waals surface area contributed by atoms with Gasteiger partial charge in [0.25, 0.3) is 0 Å². The molecule has 9 heavy (non-hydrogen) atoms. The lowest BCUT2D eigenvalue weighted by Gasteiger charge is -2.15. The maximum Gasteiger partial charge on any atom is 0.163 e. The van der Waals surface area contributed by atoms with Gasteiger partial charge in [-0.2, -0.15) is 12.6 Å². The third-order valence-electron chi connectivity index (χ3n) is 1.27. The Labute approximate surface area is 60.9 Å². The molecule has 1 atom stereocenters. The van der Waals surface area contributed by atoms with Gasteiger partial charge in [0.05, 0.1) is 12.7 Å². The van der Waals surface area contributed by atoms with E-state index in [1.54, 1.807) is 0 Å². The van der Waals surface area contributed by atoms with Crippen LogP contribution in [0.2, 0.25) is 0 Å². The Bertz CT molecular complexity index is 103. The second-order valence-electron chi connectivity index (χ2n) is 2.63. The van der Waals surface area contributed by atoms with E-state index in [1.165, 1.54) is 0 Å². The first kappa shape index (κ1) is 7.38. The Kier molecular flexibility index (Phi) is 2.03. The Morgan fingerprint density at radius 1 is 1.67 bits per heavy atom. The molecule has 0 aliphatic carbocycles. The van der Waals surface area contributed by atoms with Crippen molar-refractivity contribution in [3.8, 4) is 0 Å². The maximum atomic E-state index is 5.40. The molecule has 0 radical (unpaired) electrons. The van der Waals surface area contributed by atoms with Crippen molar-refractivity contribution < 1.29 is 9.47 Å². The van der Waals surface area contributed by atoms with E-state index < -0.39 is 0 Å². The van der Waals surface area contributed by atoms with Gasteiger partial charge in [0.2, 0.25) is 0 Å². The molecule has 1 aliphatic heterocycles. The minimum Gasteiger partial charge on any atom is -0.348 e. The Morgan fingerprint density at radius 2 is 2.33 bits per heavy atom. The molecule has 0 saturated carbocycles. The van der Waals surface area contributed by atoms with Crippen molar-refractivity contribution in [2.24, 2.45) is 0 Å². The van der Waals surface area contributed by atoms with Crippen LogP contribution in [0, 0.1) is 0 Å². The van der Waals surface area contributed by atoms with Gasteiger partial charge in [-0.05, 0) is 13.8 Å². The van der Waals surface area contributed by atoms with Crippen LogP contribution in [0.25, 0.3) is 0 Å². The van der Waals surface area contributed by atoms with Crippen LogP contribution in [0.3, 0.4) is 0 Å². The van der Waals surface area contributed by atoms with Crippen molar-refractivity contribution in [2.75, 3.05) is 12.4 Å². The summed E-state index contributed by atoms with van der Waals surface area (Å²) in [4.78, 5) is 0. The van der Waals surface area contributed by atoms with E-state index in [2.05, 4.69) is 12.6 Å². The molecule has 0 unspecified atom stereocenters. The fraction of sp³-hybridized carbons (Fsp3) is 1.00. The van der Waals surface area contributed by atoms with Gasteiger partial charge >= 0.3 is 0 Å². The fourth-order valence-corrected chi connectivity index (χ4v) is 1.03. The average Bonchev–Trinajstić information content (AvgIpc) is 2.10. The van der Waals surface area contributed by atoms with E-state index in [4.69, 9.17) is 9.47 Å². The van der Waals surface area contributed by atoms with Crippen LogP contribution in [0.1, 0.15) is 13.8 Å². The van der Waals surface area contributed by atoms with Gasteiger partial charge in [-0.3, -0.25) is 0 Å². The predicted octanol–water partition coefficient (Wildman–Crippen LogP) is 1.07. The van der Waals surface area contributed by atoms with E-state index in [1.807, 2.05) is 13.8 Å². The van der Waals surface area contributed by atoms with Crippen molar-refractivity contribution in [3.05, 3.63) is 0 Å². The lowest BCUT2D eigenvalue weighted by Crippen LogP contribution is -2.21. The van der Waals surface area contributed by atoms with E-state index in [-0.39, 0.29) is 11.9 Å². The number of ether oxygens (including phenoxy) is 2. The van der Waals surface area contributed by atoms with Crippen LogP contribution in [-0.4, -0.2) is 24.3 Å². The van der Waals surface area contributed by atoms with Crippen LogP contribution in [-0.2, 0) is 9.47 Å². The maximum absolute atomic E-state index is 5.40. The standard InChI is InChI=1S/C6H12O2S/c1-6(2)7-3-5(4-9)8-6/h5,9H,3-4H2,1-2H3/t5-/m0/s1. The van der Waals surface area contributed by atoms with Gasteiger partial charge in [0.15, 0.2) is 5.79 Å². The first-order valence-corrected chi connectivity index (χ1v) is 3.70. The number of rotatable bonds is 1. The second kappa shape index (κ2) is 2.48. The van der Waals surface area contributed by atoms with Crippen LogP contribution >= 0.6 is 12.6 Å². The highest BCUT2D eigenvalue weighted by Crippen LogP contribution is 2.22. The summed E-state index contributed by atoms with van der Waals surface area (Å²) in [5, 5.41) is 0. The molecular weight excluding hydrogens is 136 g/mol. The summed E-state index contributed by atoms with van der Waals surface area (Å²) in [6, 6.07) is 0. The van der Waals surface area contributed by atoms with E-state index in [9.17, 15) is 0 Å². The molecule has 0 aromatic carbocycles. The Balaban J connectivity index is 2.38. The molecule has 1 heterocycles. The van der Waals surface area contributed by atoms with Crippen LogP contribution in [0.5, 0.6) is 0 Å². The molecule has 1 aliphatic rings. The molecule has 0 aromatic heterocycles. The highest BCUT2D eigenvalue weighted by molar-refractivity contribution is 7.80. The molecule has 0 bridgehead atoms. The highest BCUT2D eigenvalue weighted by Gasteiger charge is 2.31. The summed E-state index contributed by atoms with van der Waals surface area (Å²) in [5.41, 5.74) is 0. The number of hydrogen-bond donors (Lipinski definition) is 1. The van der Waals surface area contributed by atoms with Crippen molar-refractivity contribution in [3.63, 3.8) is 0 Å². The van der Waals surface area contributed by atoms with E-state index in [0.717, 1.165) is 5.75 Å². The lowest BCUT2D eigenvalue weighted by molar-refractivity contribution is -0.135. The second-order valence-corrected chi connectivity index (χ2v) is 3.00. The van der Waals surface area contributed by atoms with Gasteiger partial charge in [-0.15, -0.1) is 0 Å². The van der Waals surface area contributed by atoms with E-state index >= 15 is 0 Å². The normalized spacial score (nSPS) is 33.0. The molecule has 1 fully saturated rings. The minimum absolute atomic E-state index is 0.184. The topological polar surface area (TPSA) is 18.5 Å². The van der Waals surface area contributed by atoms with Gasteiger partial charge in [0.1, 0.15) is 0 Å². The molecule has 0 aromatic rings. The van der Waals surface area contributed by atoms with Gasteiger partial charge in [-0.1, -0.05) is 0 Å². The molecule has 0 spiro atoms. The third kappa shape index (κ3) is 1.85. The Morgan fingerprint density at radius 3 is 2.56 bits per heavy atom. The Hall–Kier alpha value is 0.270. The smallest absolute Gasteiger partial charge is 0.163 e. The van der Waals surface area contributed by atoms with Gasteiger partial charge in [0, 0.05) is 5.75 Å². The van der Waals surface area contributed by atoms with E-state index in [0.29, 0.717) is 6.61 Å². The first-order chi connectivity index (χ1) is 4.14. The predicted molar refractivity (Wildman–Crippen MR) is 38.8 cm³/mol. The van der Waals surface area contributed by atoms with Crippen LogP contribution in [0.15, 0.2) is 0 Å². The van der Waals surface area contributed by atoms with Crippen molar-refractivity contribution in [1.29, 1.82) is 0 Å². The highest BCUT2D eigenvalue weighted by atomic mass is 32.1. The zero-order valence-electron chi connectivity index (χ0n) is 5.76. The number of hydrogen-bond acceptors (Lipinski definition) is 3. The zero-order chi connectivity index (χ0) is 6.91. The quantitative estimate of drug-likeness (QED) is 0.561. The molecule has 3 heteroatoms. The van der Waals surface area contributed by atoms with Crippen molar-refractivity contribution in [2.45, 2.75) is 25.7 Å². The lowest BCUT2D eigenvalue weighted by atomic mass is 10.4. The summed E-state index contributed by atoms with van der Waals surface area (Å²) in [6.45, 7) is 4.50. The summed E-state index contributed by atoms with van der Waals surface area (Å²) in [6.07, 6.45) is 0.184. The summed E-state index contributed by atoms with van der Waals surface area (Å²) < 4.78 is 10.7. The van der Waals surface area contributed by atoms with Crippen LogP contribution < -0.4 is 0 Å². The summed E-state index contributed by atoms with van der Waals surface area (Å²) in [5.74, 6) is 0.358. The van der Waals surface area contributed by atoms with Gasteiger partial charge < -0.3 is 9.47 Å². The molecular formula is C6H12O2S. The molecule has 0 N–H and O–H groups in total. The largest absolute Gasteiger partial charge is 0.348 e. The molecule has 2 nitrogen and oxygen atoms in total. The van der Waals surface area contributed by atoms with Crippen molar-refractivity contribution >= 4 is 12.6 Å². The minimum atomic E-state index is -0.382. The summed E-state index contributed by atoms with van der Waals surface area (Å²) in [7, 11) is 0. The van der Waals surface area contributed by atoms with Crippen molar-refractivity contribution in [1.82, 2.24) is 0 Å². The zero-order valence-corrected chi connectivity index (χ0v) is 6.65. The number of thiol groups is 1. The molecule has 1 saturated heterocycles. The monoisotopic (exact) mass is 148 g/mol. The SMILES string of the molecule is CC1(C)OC[C@@H](CS)O1. The fourth-order valence-electron chi connectivity index (χ4n) is 0.853. The van der Waals surface area contributed by atoms with Gasteiger partial charge in [-0.25, -0.2) is 0 Å². The average molecular weight is 148 g/mol.